The van der Waals surface area contributed by atoms with Crippen molar-refractivity contribution >= 4 is 23.5 Å². The van der Waals surface area contributed by atoms with Crippen LogP contribution in [0.25, 0.3) is 0 Å². The van der Waals surface area contributed by atoms with Crippen LogP contribution in [0.2, 0.25) is 0 Å². The Hall–Kier alpha value is -1.30. The first kappa shape index (κ1) is 15.1. The molecule has 5 nitrogen and oxygen atoms in total. The Kier molecular flexibility index (Phi) is 5.23. The van der Waals surface area contributed by atoms with Crippen molar-refractivity contribution in [2.45, 2.75) is 50.7 Å². The van der Waals surface area contributed by atoms with Crippen LogP contribution in [0.4, 0.5) is 5.82 Å². The minimum Gasteiger partial charge on any atom is -0.384 e. The van der Waals surface area contributed by atoms with E-state index in [1.54, 1.807) is 6.07 Å². The number of aromatic nitrogens is 2. The average Bonchev–Trinajstić information content (AvgIpc) is 2.43. The van der Waals surface area contributed by atoms with Crippen LogP contribution in [0, 0.1) is 6.92 Å². The average molecular weight is 294 g/mol. The van der Waals surface area contributed by atoms with Crippen LogP contribution in [0.3, 0.4) is 0 Å². The van der Waals surface area contributed by atoms with E-state index in [1.807, 2.05) is 11.8 Å². The second kappa shape index (κ2) is 6.92. The fourth-order valence-corrected chi connectivity index (χ4v) is 3.39. The number of rotatable bonds is 4. The van der Waals surface area contributed by atoms with Gasteiger partial charge < -0.3 is 10.6 Å². The van der Waals surface area contributed by atoms with Crippen molar-refractivity contribution < 1.29 is 4.79 Å². The number of nitrogens with zero attached hydrogens (tertiary/aromatic N) is 3. The molecule has 6 heteroatoms. The minimum absolute atomic E-state index is 0.185. The van der Waals surface area contributed by atoms with Crippen LogP contribution >= 0.6 is 11.8 Å². The fourth-order valence-electron chi connectivity index (χ4n) is 2.59. The first-order valence-electron chi connectivity index (χ1n) is 7.13. The zero-order chi connectivity index (χ0) is 14.5. The summed E-state index contributed by atoms with van der Waals surface area (Å²) in [6.45, 7) is 4.91. The molecule has 1 aromatic rings. The van der Waals surface area contributed by atoms with Gasteiger partial charge in [0.1, 0.15) is 5.82 Å². The molecule has 1 atom stereocenters. The predicted octanol–water partition coefficient (Wildman–Crippen LogP) is 2.25. The van der Waals surface area contributed by atoms with Gasteiger partial charge in [0, 0.05) is 24.3 Å². The molecule has 1 aliphatic rings. The van der Waals surface area contributed by atoms with Crippen LogP contribution in [-0.2, 0) is 4.79 Å². The Bertz CT molecular complexity index is 460. The third kappa shape index (κ3) is 3.85. The third-order valence-electron chi connectivity index (χ3n) is 3.60. The largest absolute Gasteiger partial charge is 0.384 e. The number of hydrogen-bond donors (Lipinski definition) is 1. The summed E-state index contributed by atoms with van der Waals surface area (Å²) in [6, 6.07) is 2.13. The summed E-state index contributed by atoms with van der Waals surface area (Å²) in [5.41, 5.74) is 6.52. The van der Waals surface area contributed by atoms with Gasteiger partial charge in [-0.1, -0.05) is 18.7 Å². The van der Waals surface area contributed by atoms with Crippen LogP contribution < -0.4 is 5.73 Å². The highest BCUT2D eigenvalue weighted by atomic mass is 32.2. The molecule has 20 heavy (non-hydrogen) atoms. The number of nitrogen functional groups attached to an aromatic ring is 1. The fraction of sp³-hybridized carbons (Fsp3) is 0.643. The maximum atomic E-state index is 12.3. The van der Waals surface area contributed by atoms with Gasteiger partial charge in [-0.05, 0) is 32.6 Å². The standard InChI is InChI=1S/C14H22N4OS/c1-3-11-6-4-5-7-18(11)13(19)9-20-14-16-10(2)8-12(15)17-14/h8,11H,3-7,9H2,1-2H3,(H2,15,16,17)/t11-/m0/s1. The molecule has 2 N–H and O–H groups in total. The number of aryl methyl sites for hydroxylation is 1. The molecule has 0 radical (unpaired) electrons. The van der Waals surface area contributed by atoms with Crippen LogP contribution in [0.5, 0.6) is 0 Å². The molecule has 2 heterocycles. The zero-order valence-corrected chi connectivity index (χ0v) is 12.9. The monoisotopic (exact) mass is 294 g/mol. The lowest BCUT2D eigenvalue weighted by Crippen LogP contribution is -2.44. The van der Waals surface area contributed by atoms with Gasteiger partial charge in [0.05, 0.1) is 5.75 Å². The highest BCUT2D eigenvalue weighted by Gasteiger charge is 2.25. The van der Waals surface area contributed by atoms with Gasteiger partial charge in [0.2, 0.25) is 5.91 Å². The quantitative estimate of drug-likeness (QED) is 0.681. The number of carbonyl (C=O) groups excluding carboxylic acids is 1. The van der Waals surface area contributed by atoms with Gasteiger partial charge in [0.15, 0.2) is 5.16 Å². The maximum Gasteiger partial charge on any atom is 0.233 e. The zero-order valence-electron chi connectivity index (χ0n) is 12.1. The van der Waals surface area contributed by atoms with Crippen molar-refractivity contribution in [3.63, 3.8) is 0 Å². The highest BCUT2D eigenvalue weighted by Crippen LogP contribution is 2.22. The molecule has 0 bridgehead atoms. The molecule has 1 aromatic heterocycles. The summed E-state index contributed by atoms with van der Waals surface area (Å²) >= 11 is 1.37. The van der Waals surface area contributed by atoms with E-state index >= 15 is 0 Å². The molecule has 1 fully saturated rings. The smallest absolute Gasteiger partial charge is 0.233 e. The number of amides is 1. The maximum absolute atomic E-state index is 12.3. The molecule has 0 saturated carbocycles. The normalized spacial score (nSPS) is 19.1. The summed E-state index contributed by atoms with van der Waals surface area (Å²) in [5.74, 6) is 1.03. The van der Waals surface area contributed by atoms with Crippen LogP contribution in [0.15, 0.2) is 11.2 Å². The van der Waals surface area contributed by atoms with Crippen molar-refractivity contribution in [2.24, 2.45) is 0 Å². The summed E-state index contributed by atoms with van der Waals surface area (Å²) < 4.78 is 0. The first-order chi connectivity index (χ1) is 9.60. The molecular weight excluding hydrogens is 272 g/mol. The Balaban J connectivity index is 1.94. The van der Waals surface area contributed by atoms with Gasteiger partial charge in [0.25, 0.3) is 0 Å². The Morgan fingerprint density at radius 2 is 2.30 bits per heavy atom. The van der Waals surface area contributed by atoms with Gasteiger partial charge in [-0.15, -0.1) is 0 Å². The van der Waals surface area contributed by atoms with E-state index in [4.69, 9.17) is 5.73 Å². The Morgan fingerprint density at radius 1 is 1.50 bits per heavy atom. The predicted molar refractivity (Wildman–Crippen MR) is 81.5 cm³/mol. The molecule has 1 aliphatic heterocycles. The van der Waals surface area contributed by atoms with E-state index in [1.165, 1.54) is 18.2 Å². The van der Waals surface area contributed by atoms with Crippen molar-refractivity contribution in [1.29, 1.82) is 0 Å². The van der Waals surface area contributed by atoms with Crippen molar-refractivity contribution in [2.75, 3.05) is 18.0 Å². The van der Waals surface area contributed by atoms with Gasteiger partial charge in [-0.3, -0.25) is 4.79 Å². The van der Waals surface area contributed by atoms with Gasteiger partial charge >= 0.3 is 0 Å². The second-order valence-corrected chi connectivity index (χ2v) is 6.09. The third-order valence-corrected chi connectivity index (χ3v) is 4.43. The topological polar surface area (TPSA) is 72.1 Å². The number of carbonyl (C=O) groups is 1. The number of nitrogens with two attached hydrogens (primary N) is 1. The number of thioether (sulfide) groups is 1. The van der Waals surface area contributed by atoms with Gasteiger partial charge in [-0.2, -0.15) is 0 Å². The minimum atomic E-state index is 0.185. The summed E-state index contributed by atoms with van der Waals surface area (Å²) in [5, 5.41) is 0.584. The molecule has 110 valence electrons. The molecule has 2 rings (SSSR count). The molecule has 0 aliphatic carbocycles. The van der Waals surface area contributed by atoms with E-state index in [2.05, 4.69) is 16.9 Å². The lowest BCUT2D eigenvalue weighted by Gasteiger charge is -2.35. The lowest BCUT2D eigenvalue weighted by molar-refractivity contribution is -0.132. The van der Waals surface area contributed by atoms with Crippen molar-refractivity contribution in [3.8, 4) is 0 Å². The van der Waals surface area contributed by atoms with Crippen LogP contribution in [-0.4, -0.2) is 39.1 Å². The van der Waals surface area contributed by atoms with Crippen molar-refractivity contribution in [3.05, 3.63) is 11.8 Å². The molecule has 0 aromatic carbocycles. The summed E-state index contributed by atoms with van der Waals surface area (Å²) in [7, 11) is 0. The Labute approximate surface area is 124 Å². The SMILES string of the molecule is CC[C@H]1CCCCN1C(=O)CSc1nc(C)cc(N)n1. The molecule has 0 spiro atoms. The lowest BCUT2D eigenvalue weighted by atomic mass is 10.0. The molecular formula is C14H22N4OS. The second-order valence-electron chi connectivity index (χ2n) is 5.15. The number of piperidine rings is 1. The van der Waals surface area contributed by atoms with Crippen LogP contribution in [0.1, 0.15) is 38.3 Å². The number of likely N-dealkylation sites (tertiary alicyclic amines) is 1. The molecule has 1 amide bonds. The highest BCUT2D eigenvalue weighted by molar-refractivity contribution is 7.99. The Morgan fingerprint density at radius 3 is 3.00 bits per heavy atom. The van der Waals surface area contributed by atoms with Gasteiger partial charge in [-0.25, -0.2) is 9.97 Å². The summed E-state index contributed by atoms with van der Waals surface area (Å²) in [6.07, 6.45) is 4.50. The summed E-state index contributed by atoms with van der Waals surface area (Å²) in [4.78, 5) is 22.8. The number of hydrogen-bond acceptors (Lipinski definition) is 5. The van der Waals surface area contributed by atoms with E-state index in [0.717, 1.165) is 31.5 Å². The number of anilines is 1. The molecule has 0 unspecified atom stereocenters. The first-order valence-corrected chi connectivity index (χ1v) is 8.12. The van der Waals surface area contributed by atoms with E-state index < -0.39 is 0 Å². The molecule has 1 saturated heterocycles. The van der Waals surface area contributed by atoms with Crippen molar-refractivity contribution in [1.82, 2.24) is 14.9 Å². The van der Waals surface area contributed by atoms with E-state index in [0.29, 0.717) is 22.8 Å². The van der Waals surface area contributed by atoms with E-state index in [9.17, 15) is 4.79 Å². The van der Waals surface area contributed by atoms with E-state index in [-0.39, 0.29) is 5.91 Å².